The van der Waals surface area contributed by atoms with Crippen molar-refractivity contribution in [2.45, 2.75) is 49.8 Å². The van der Waals surface area contributed by atoms with Gasteiger partial charge in [-0.1, -0.05) is 62.2 Å². The van der Waals surface area contributed by atoms with Crippen molar-refractivity contribution in [3.8, 4) is 11.1 Å². The van der Waals surface area contributed by atoms with Crippen LogP contribution in [-0.2, 0) is 13.0 Å². The molecule has 158 valence electrons. The number of benzene rings is 2. The van der Waals surface area contributed by atoms with Crippen molar-refractivity contribution in [3.05, 3.63) is 60.3 Å². The number of nitrogens with zero attached hydrogens (tertiary/aromatic N) is 3. The third-order valence-corrected chi connectivity index (χ3v) is 6.48. The van der Waals surface area contributed by atoms with Gasteiger partial charge >= 0.3 is 0 Å². The summed E-state index contributed by atoms with van der Waals surface area (Å²) in [5.41, 5.74) is 3.27. The van der Waals surface area contributed by atoms with Crippen molar-refractivity contribution in [2.75, 3.05) is 5.75 Å². The van der Waals surface area contributed by atoms with Crippen LogP contribution in [0.25, 0.3) is 11.1 Å². The molecule has 1 fully saturated rings. The fraction of sp³-hybridized carbons (Fsp3) is 0.348. The van der Waals surface area contributed by atoms with Crippen LogP contribution in [-0.4, -0.2) is 27.9 Å². The van der Waals surface area contributed by atoms with Gasteiger partial charge in [0, 0.05) is 22.3 Å². The summed E-state index contributed by atoms with van der Waals surface area (Å²) in [6.07, 6.45) is 3.33. The summed E-state index contributed by atoms with van der Waals surface area (Å²) >= 11 is 3.50. The summed E-state index contributed by atoms with van der Waals surface area (Å²) < 4.78 is 9.02. The van der Waals surface area contributed by atoms with Gasteiger partial charge in [-0.2, -0.15) is 0 Å². The van der Waals surface area contributed by atoms with Crippen LogP contribution in [0.4, 0.5) is 5.69 Å². The third-order valence-electron chi connectivity index (χ3n) is 4.32. The average Bonchev–Trinajstić information content (AvgIpc) is 3.52. The lowest BCUT2D eigenvalue weighted by Crippen LogP contribution is -2.04. The van der Waals surface area contributed by atoms with Crippen LogP contribution in [0.15, 0.2) is 62.8 Å². The molecule has 0 atom stereocenters. The number of hydrogen-bond donors (Lipinski definition) is 1. The van der Waals surface area contributed by atoms with Gasteiger partial charge in [0.15, 0.2) is 0 Å². The third kappa shape index (κ3) is 6.72. The Kier molecular flexibility index (Phi) is 8.99. The highest BCUT2D eigenvalue weighted by Gasteiger charge is 2.21. The quantitative estimate of drug-likeness (QED) is 0.226. The first-order chi connectivity index (χ1) is 14.8. The van der Waals surface area contributed by atoms with Crippen molar-refractivity contribution in [3.63, 3.8) is 0 Å². The topological polar surface area (TPSA) is 63.3 Å². The number of rotatable bonds is 10. The Labute approximate surface area is 187 Å². The molecule has 1 saturated carbocycles. The van der Waals surface area contributed by atoms with Crippen molar-refractivity contribution < 1.29 is 4.42 Å². The maximum Gasteiger partial charge on any atom is 0.231 e. The largest absolute Gasteiger partial charge is 0.424 e. The summed E-state index contributed by atoms with van der Waals surface area (Å²) in [5.74, 6) is 2.16. The Morgan fingerprint density at radius 3 is 2.57 bits per heavy atom. The van der Waals surface area contributed by atoms with Gasteiger partial charge in [0.25, 0.3) is 0 Å². The molecule has 0 radical (unpaired) electrons. The summed E-state index contributed by atoms with van der Waals surface area (Å²) in [6, 6.07) is 16.6. The smallest absolute Gasteiger partial charge is 0.231 e. The van der Waals surface area contributed by atoms with Crippen LogP contribution < -0.4 is 4.72 Å². The highest BCUT2D eigenvalue weighted by atomic mass is 32.2. The van der Waals surface area contributed by atoms with Crippen molar-refractivity contribution in [1.29, 1.82) is 0 Å². The molecule has 5 nitrogen and oxygen atoms in total. The van der Waals surface area contributed by atoms with Crippen LogP contribution in [0.1, 0.15) is 38.5 Å². The van der Waals surface area contributed by atoms with Crippen LogP contribution in [0.2, 0.25) is 0 Å². The lowest BCUT2D eigenvalue weighted by Gasteiger charge is -2.08. The number of aromatic nitrogens is 2. The maximum atomic E-state index is 5.73. The molecular formula is C23H28N4OS2. The van der Waals surface area contributed by atoms with E-state index < -0.39 is 0 Å². The first-order valence-corrected chi connectivity index (χ1v) is 12.2. The summed E-state index contributed by atoms with van der Waals surface area (Å²) in [7, 11) is 0. The molecule has 0 bridgehead atoms. The monoisotopic (exact) mass is 440 g/mol. The number of thioether (sulfide) groups is 1. The Hall–Kier alpha value is -2.09. The van der Waals surface area contributed by atoms with E-state index in [1.165, 1.54) is 24.0 Å². The normalized spacial score (nSPS) is 12.9. The van der Waals surface area contributed by atoms with Gasteiger partial charge in [-0.25, -0.2) is 0 Å². The highest BCUT2D eigenvalue weighted by Crippen LogP contribution is 2.34. The van der Waals surface area contributed by atoms with Crippen molar-refractivity contribution in [2.24, 2.45) is 4.99 Å². The van der Waals surface area contributed by atoms with Crippen LogP contribution in [0.5, 0.6) is 0 Å². The van der Waals surface area contributed by atoms with Gasteiger partial charge in [0.2, 0.25) is 11.8 Å². The van der Waals surface area contributed by atoms with Gasteiger partial charge in [0.05, 0.1) is 12.2 Å². The average molecular weight is 441 g/mol. The van der Waals surface area contributed by atoms with Gasteiger partial charge in [0.1, 0.15) is 0 Å². The molecular weight excluding hydrogens is 412 g/mol. The molecule has 0 saturated heterocycles. The first kappa shape index (κ1) is 22.6. The lowest BCUT2D eigenvalue weighted by atomic mass is 10.1. The highest BCUT2D eigenvalue weighted by molar-refractivity contribution is 7.99. The predicted molar refractivity (Wildman–Crippen MR) is 129 cm³/mol. The van der Waals surface area contributed by atoms with E-state index in [9.17, 15) is 0 Å². The molecule has 1 heterocycles. The van der Waals surface area contributed by atoms with Crippen LogP contribution >= 0.6 is 23.7 Å². The second kappa shape index (κ2) is 11.9. The van der Waals surface area contributed by atoms with E-state index in [-0.39, 0.29) is 0 Å². The second-order valence-electron chi connectivity index (χ2n) is 6.53. The predicted octanol–water partition coefficient (Wildman–Crippen LogP) is 6.33. The van der Waals surface area contributed by atoms with Crippen LogP contribution in [0.3, 0.4) is 0 Å². The molecule has 1 aromatic heterocycles. The van der Waals surface area contributed by atoms with E-state index in [0.717, 1.165) is 28.0 Å². The maximum absolute atomic E-state index is 5.73. The van der Waals surface area contributed by atoms with Gasteiger partial charge in [-0.3, -0.25) is 9.71 Å². The molecule has 4 rings (SSSR count). The van der Waals surface area contributed by atoms with E-state index in [2.05, 4.69) is 50.9 Å². The summed E-state index contributed by atoms with van der Waals surface area (Å²) in [4.78, 5) is 5.27. The molecule has 0 aliphatic heterocycles. The SMILES string of the molecule is C=Nc1ccc(-c2ccccc2)cc1SCCc1nnc(CNSC2CC2)o1.CC. The fourth-order valence-corrected chi connectivity index (χ4v) is 4.49. The molecule has 1 aliphatic carbocycles. The van der Waals surface area contributed by atoms with E-state index in [1.54, 1.807) is 23.7 Å². The fourth-order valence-electron chi connectivity index (χ4n) is 2.69. The first-order valence-electron chi connectivity index (χ1n) is 10.3. The van der Waals surface area contributed by atoms with Gasteiger partial charge < -0.3 is 4.42 Å². The summed E-state index contributed by atoms with van der Waals surface area (Å²) in [6.45, 7) is 8.31. The minimum atomic E-state index is 0.616. The van der Waals surface area contributed by atoms with E-state index in [0.29, 0.717) is 18.3 Å². The van der Waals surface area contributed by atoms with Crippen molar-refractivity contribution in [1.82, 2.24) is 14.9 Å². The van der Waals surface area contributed by atoms with Gasteiger partial charge in [-0.15, -0.1) is 22.0 Å². The molecule has 0 amide bonds. The number of hydrogen-bond acceptors (Lipinski definition) is 7. The van der Waals surface area contributed by atoms with Gasteiger partial charge in [-0.05, 0) is 42.8 Å². The minimum absolute atomic E-state index is 0.616. The Bertz CT molecular complexity index is 926. The molecule has 0 spiro atoms. The molecule has 0 unspecified atom stereocenters. The zero-order valence-corrected chi connectivity index (χ0v) is 19.1. The summed E-state index contributed by atoms with van der Waals surface area (Å²) in [5, 5.41) is 9.03. The Morgan fingerprint density at radius 2 is 1.83 bits per heavy atom. The second-order valence-corrected chi connectivity index (χ2v) is 8.86. The molecule has 1 aliphatic rings. The molecule has 2 aromatic carbocycles. The van der Waals surface area contributed by atoms with E-state index >= 15 is 0 Å². The zero-order valence-electron chi connectivity index (χ0n) is 17.5. The Morgan fingerprint density at radius 1 is 1.07 bits per heavy atom. The molecule has 1 N–H and O–H groups in total. The zero-order chi connectivity index (χ0) is 21.2. The molecule has 3 aromatic rings. The standard InChI is InChI=1S/C21H22N4OS2.C2H6/c1-22-18-10-7-16(15-5-3-2-4-6-15)13-19(18)27-12-11-20-24-25-21(26-20)14-23-28-17-8-9-17;1-2/h2-7,10,13,17,23H,1,8-9,11-12,14H2;1-2H3. The number of aryl methyl sites for hydroxylation is 1. The van der Waals surface area contributed by atoms with E-state index in [4.69, 9.17) is 4.42 Å². The lowest BCUT2D eigenvalue weighted by molar-refractivity contribution is 0.452. The molecule has 7 heteroatoms. The van der Waals surface area contributed by atoms with Crippen molar-refractivity contribution >= 4 is 36.1 Å². The van der Waals surface area contributed by atoms with Crippen LogP contribution in [0, 0.1) is 0 Å². The molecule has 30 heavy (non-hydrogen) atoms. The Balaban J connectivity index is 0.00000124. The minimum Gasteiger partial charge on any atom is -0.424 e. The van der Waals surface area contributed by atoms with E-state index in [1.807, 2.05) is 38.1 Å². The number of nitrogens with one attached hydrogen (secondary N) is 1. The number of aliphatic imine (C=N–C) groups is 1.